The normalized spacial score (nSPS) is 14.7. The number of piperazine rings is 1. The van der Waals surface area contributed by atoms with Crippen molar-refractivity contribution in [3.05, 3.63) is 66.0 Å². The van der Waals surface area contributed by atoms with Crippen LogP contribution in [0.1, 0.15) is 11.4 Å². The predicted octanol–water partition coefficient (Wildman–Crippen LogP) is 2.48. The van der Waals surface area contributed by atoms with Crippen molar-refractivity contribution in [3.63, 3.8) is 0 Å². The number of nitrogens with zero attached hydrogens (tertiary/aromatic N) is 6. The highest BCUT2D eigenvalue weighted by Crippen LogP contribution is 2.20. The van der Waals surface area contributed by atoms with Gasteiger partial charge in [-0.3, -0.25) is 4.79 Å². The van der Waals surface area contributed by atoms with E-state index in [-0.39, 0.29) is 5.91 Å². The number of hydrogen-bond acceptors (Lipinski definition) is 5. The number of aryl methyl sites for hydroxylation is 1. The first-order valence-corrected chi connectivity index (χ1v) is 9.87. The molecule has 0 atom stereocenters. The molecule has 0 saturated carbocycles. The van der Waals surface area contributed by atoms with Gasteiger partial charge in [0.2, 0.25) is 5.91 Å². The standard InChI is InChI=1S/C22H22N6O/c1-16-23-24-20-9-10-21(25-28(16)20)26-11-13-27(14-12-26)22(29)15-18-7-4-6-17-5-2-3-8-19(17)18/h2-10H,11-15H2,1H3. The number of hydrogen-bond donors (Lipinski definition) is 0. The Morgan fingerprint density at radius 3 is 2.59 bits per heavy atom. The van der Waals surface area contributed by atoms with E-state index in [0.29, 0.717) is 19.5 Å². The molecule has 3 heterocycles. The van der Waals surface area contributed by atoms with Crippen molar-refractivity contribution >= 4 is 28.1 Å². The van der Waals surface area contributed by atoms with Crippen molar-refractivity contribution in [3.8, 4) is 0 Å². The largest absolute Gasteiger partial charge is 0.352 e. The molecule has 0 radical (unpaired) electrons. The van der Waals surface area contributed by atoms with Crippen LogP contribution in [0, 0.1) is 6.92 Å². The molecule has 0 spiro atoms. The molecule has 146 valence electrons. The molecule has 5 rings (SSSR count). The highest BCUT2D eigenvalue weighted by Gasteiger charge is 2.23. The van der Waals surface area contributed by atoms with Gasteiger partial charge in [-0.05, 0) is 35.4 Å². The minimum absolute atomic E-state index is 0.180. The van der Waals surface area contributed by atoms with Crippen LogP contribution in [-0.2, 0) is 11.2 Å². The molecule has 1 aliphatic rings. The molecule has 0 unspecified atom stereocenters. The Bertz CT molecular complexity index is 1190. The molecule has 2 aromatic heterocycles. The second-order valence-corrected chi connectivity index (χ2v) is 7.39. The SMILES string of the molecule is Cc1nnc2ccc(N3CCN(C(=O)Cc4cccc5ccccc45)CC3)nn12. The number of rotatable bonds is 3. The molecular weight excluding hydrogens is 364 g/mol. The number of aromatic nitrogens is 4. The molecule has 4 aromatic rings. The third-order valence-corrected chi connectivity index (χ3v) is 5.58. The quantitative estimate of drug-likeness (QED) is 0.541. The van der Waals surface area contributed by atoms with E-state index in [2.05, 4.69) is 44.5 Å². The fourth-order valence-electron chi connectivity index (χ4n) is 3.96. The van der Waals surface area contributed by atoms with Crippen LogP contribution in [-0.4, -0.2) is 56.8 Å². The number of carbonyl (C=O) groups excluding carboxylic acids is 1. The Hall–Kier alpha value is -3.48. The Labute approximate surface area is 168 Å². The summed E-state index contributed by atoms with van der Waals surface area (Å²) in [6.45, 7) is 4.82. The van der Waals surface area contributed by atoms with Crippen molar-refractivity contribution < 1.29 is 4.79 Å². The molecule has 7 heteroatoms. The smallest absolute Gasteiger partial charge is 0.227 e. The molecule has 1 aliphatic heterocycles. The van der Waals surface area contributed by atoms with Crippen LogP contribution in [0.3, 0.4) is 0 Å². The van der Waals surface area contributed by atoms with Crippen LogP contribution < -0.4 is 4.90 Å². The zero-order valence-electron chi connectivity index (χ0n) is 16.3. The molecule has 0 N–H and O–H groups in total. The van der Waals surface area contributed by atoms with Gasteiger partial charge in [0.05, 0.1) is 6.42 Å². The van der Waals surface area contributed by atoms with Crippen molar-refractivity contribution in [1.82, 2.24) is 24.7 Å². The van der Waals surface area contributed by atoms with E-state index in [9.17, 15) is 4.79 Å². The summed E-state index contributed by atoms with van der Waals surface area (Å²) in [5.41, 5.74) is 1.83. The molecule has 0 bridgehead atoms. The lowest BCUT2D eigenvalue weighted by Gasteiger charge is -2.35. The van der Waals surface area contributed by atoms with Crippen LogP contribution in [0.25, 0.3) is 16.4 Å². The maximum atomic E-state index is 12.9. The average Bonchev–Trinajstić information content (AvgIpc) is 3.14. The maximum Gasteiger partial charge on any atom is 0.227 e. The van der Waals surface area contributed by atoms with Crippen LogP contribution in [0.4, 0.5) is 5.82 Å². The minimum Gasteiger partial charge on any atom is -0.352 e. The van der Waals surface area contributed by atoms with Crippen LogP contribution in [0.5, 0.6) is 0 Å². The summed E-state index contributed by atoms with van der Waals surface area (Å²) in [7, 11) is 0. The van der Waals surface area contributed by atoms with E-state index in [1.807, 2.05) is 42.2 Å². The number of benzene rings is 2. The molecular formula is C22H22N6O. The van der Waals surface area contributed by atoms with E-state index < -0.39 is 0 Å². The monoisotopic (exact) mass is 386 g/mol. The van der Waals surface area contributed by atoms with Crippen LogP contribution in [0.2, 0.25) is 0 Å². The van der Waals surface area contributed by atoms with E-state index in [1.165, 1.54) is 5.39 Å². The number of carbonyl (C=O) groups is 1. The van der Waals surface area contributed by atoms with Gasteiger partial charge in [-0.15, -0.1) is 15.3 Å². The summed E-state index contributed by atoms with van der Waals surface area (Å²) in [5.74, 6) is 1.84. The van der Waals surface area contributed by atoms with Crippen molar-refractivity contribution in [2.45, 2.75) is 13.3 Å². The lowest BCUT2D eigenvalue weighted by molar-refractivity contribution is -0.130. The van der Waals surface area contributed by atoms with Crippen molar-refractivity contribution in [1.29, 1.82) is 0 Å². The van der Waals surface area contributed by atoms with Gasteiger partial charge in [-0.25, -0.2) is 0 Å². The average molecular weight is 386 g/mol. The van der Waals surface area contributed by atoms with Gasteiger partial charge in [0.15, 0.2) is 11.5 Å². The summed E-state index contributed by atoms with van der Waals surface area (Å²) in [6, 6.07) is 18.3. The number of fused-ring (bicyclic) bond motifs is 2. The second kappa shape index (κ2) is 7.16. The molecule has 29 heavy (non-hydrogen) atoms. The van der Waals surface area contributed by atoms with Gasteiger partial charge >= 0.3 is 0 Å². The summed E-state index contributed by atoms with van der Waals surface area (Å²) >= 11 is 0. The Kier molecular flexibility index (Phi) is 4.35. The number of amides is 1. The number of anilines is 1. The maximum absolute atomic E-state index is 12.9. The highest BCUT2D eigenvalue weighted by atomic mass is 16.2. The van der Waals surface area contributed by atoms with Gasteiger partial charge in [0.25, 0.3) is 0 Å². The third-order valence-electron chi connectivity index (χ3n) is 5.58. The second-order valence-electron chi connectivity index (χ2n) is 7.39. The Balaban J connectivity index is 1.27. The third kappa shape index (κ3) is 3.29. The predicted molar refractivity (Wildman–Crippen MR) is 112 cm³/mol. The Morgan fingerprint density at radius 2 is 1.72 bits per heavy atom. The fourth-order valence-corrected chi connectivity index (χ4v) is 3.96. The van der Waals surface area contributed by atoms with Crippen molar-refractivity contribution in [2.24, 2.45) is 0 Å². The molecule has 1 fully saturated rings. The van der Waals surface area contributed by atoms with Gasteiger partial charge < -0.3 is 9.80 Å². The fraction of sp³-hybridized carbons (Fsp3) is 0.273. The summed E-state index contributed by atoms with van der Waals surface area (Å²) in [6.07, 6.45) is 0.436. The van der Waals surface area contributed by atoms with E-state index in [0.717, 1.165) is 41.3 Å². The van der Waals surface area contributed by atoms with Crippen molar-refractivity contribution in [2.75, 3.05) is 31.1 Å². The molecule has 7 nitrogen and oxygen atoms in total. The van der Waals surface area contributed by atoms with Gasteiger partial charge in [0.1, 0.15) is 5.82 Å². The first-order chi connectivity index (χ1) is 14.2. The van der Waals surface area contributed by atoms with E-state index in [4.69, 9.17) is 0 Å². The molecule has 1 saturated heterocycles. The van der Waals surface area contributed by atoms with Crippen LogP contribution >= 0.6 is 0 Å². The summed E-state index contributed by atoms with van der Waals surface area (Å²) in [5, 5.41) is 15.1. The zero-order chi connectivity index (χ0) is 19.8. The molecule has 0 aliphatic carbocycles. The first kappa shape index (κ1) is 17.6. The molecule has 1 amide bonds. The highest BCUT2D eigenvalue weighted by molar-refractivity contribution is 5.90. The summed E-state index contributed by atoms with van der Waals surface area (Å²) < 4.78 is 1.76. The summed E-state index contributed by atoms with van der Waals surface area (Å²) in [4.78, 5) is 17.1. The van der Waals surface area contributed by atoms with Gasteiger partial charge in [-0.2, -0.15) is 4.52 Å². The van der Waals surface area contributed by atoms with Gasteiger partial charge in [0, 0.05) is 26.2 Å². The zero-order valence-corrected chi connectivity index (χ0v) is 16.3. The topological polar surface area (TPSA) is 66.6 Å². The first-order valence-electron chi connectivity index (χ1n) is 9.87. The molecule has 2 aromatic carbocycles. The van der Waals surface area contributed by atoms with Gasteiger partial charge in [-0.1, -0.05) is 42.5 Å². The van der Waals surface area contributed by atoms with Crippen LogP contribution in [0.15, 0.2) is 54.6 Å². The Morgan fingerprint density at radius 1 is 0.931 bits per heavy atom. The minimum atomic E-state index is 0.180. The van der Waals surface area contributed by atoms with E-state index >= 15 is 0 Å². The lowest BCUT2D eigenvalue weighted by atomic mass is 10.0. The lowest BCUT2D eigenvalue weighted by Crippen LogP contribution is -2.49. The van der Waals surface area contributed by atoms with E-state index in [1.54, 1.807) is 4.52 Å².